The van der Waals surface area contributed by atoms with E-state index in [9.17, 15) is 13.2 Å². The molecule has 0 aliphatic carbocycles. The van der Waals surface area contributed by atoms with Crippen LogP contribution >= 0.6 is 0 Å². The Morgan fingerprint density at radius 3 is 2.72 bits per heavy atom. The van der Waals surface area contributed by atoms with Gasteiger partial charge in [-0.05, 0) is 19.9 Å². The number of hydrogen-bond donors (Lipinski definition) is 0. The zero-order chi connectivity index (χ0) is 20.8. The first-order valence-corrected chi connectivity index (χ1v) is 11.0. The highest BCUT2D eigenvalue weighted by atomic mass is 32.2. The van der Waals surface area contributed by atoms with Gasteiger partial charge in [-0.1, -0.05) is 5.16 Å². The van der Waals surface area contributed by atoms with Crippen LogP contribution in [0.2, 0.25) is 0 Å². The van der Waals surface area contributed by atoms with Crippen LogP contribution in [-0.4, -0.2) is 77.7 Å². The second kappa shape index (κ2) is 7.06. The lowest BCUT2D eigenvalue weighted by Gasteiger charge is -2.25. The van der Waals surface area contributed by atoms with E-state index in [1.165, 1.54) is 17.6 Å². The van der Waals surface area contributed by atoms with Crippen molar-refractivity contribution in [1.29, 1.82) is 0 Å². The molecular weight excluding hydrogens is 398 g/mol. The molecule has 0 N–H and O–H groups in total. The van der Waals surface area contributed by atoms with E-state index in [1.54, 1.807) is 30.9 Å². The third-order valence-corrected chi connectivity index (χ3v) is 7.56. The van der Waals surface area contributed by atoms with Crippen molar-refractivity contribution in [1.82, 2.24) is 24.3 Å². The van der Waals surface area contributed by atoms with Crippen LogP contribution in [0.15, 0.2) is 22.9 Å². The maximum atomic E-state index is 13.0. The van der Waals surface area contributed by atoms with Gasteiger partial charge in [0.2, 0.25) is 21.8 Å². The number of sulfonamides is 1. The Labute approximate surface area is 168 Å². The van der Waals surface area contributed by atoms with E-state index in [0.29, 0.717) is 42.8 Å². The number of pyridine rings is 1. The van der Waals surface area contributed by atoms with Crippen molar-refractivity contribution in [3.63, 3.8) is 0 Å². The molecule has 2 aromatic rings. The monoisotopic (exact) mass is 421 g/mol. The number of aryl methyl sites for hydroxylation is 1. The Morgan fingerprint density at radius 1 is 1.34 bits per heavy atom. The molecule has 2 aliphatic rings. The quantitative estimate of drug-likeness (QED) is 0.683. The highest BCUT2D eigenvalue weighted by molar-refractivity contribution is 7.89. The number of hydrogen-bond acceptors (Lipinski definition) is 8. The minimum Gasteiger partial charge on any atom is -0.481 e. The molecule has 0 unspecified atom stereocenters. The van der Waals surface area contributed by atoms with Crippen molar-refractivity contribution in [2.24, 2.45) is 5.92 Å². The van der Waals surface area contributed by atoms with Crippen LogP contribution in [0.4, 0.5) is 0 Å². The lowest BCUT2D eigenvalue weighted by molar-refractivity contribution is 0.0772. The summed E-state index contributed by atoms with van der Waals surface area (Å²) < 4.78 is 36.9. The maximum absolute atomic E-state index is 13.0. The van der Waals surface area contributed by atoms with Crippen LogP contribution in [0.5, 0.6) is 5.88 Å². The van der Waals surface area contributed by atoms with E-state index in [-0.39, 0.29) is 24.1 Å². The SMILES string of the molecule is CCS(=O)(=O)N1C[C@@H]2CN(C(=O)c3ccc(OC)nc3)C[C@]2(c2nc(C)no2)C1. The summed E-state index contributed by atoms with van der Waals surface area (Å²) in [7, 11) is -1.85. The number of ether oxygens (including phenoxy) is 1. The molecule has 0 bridgehead atoms. The average molecular weight is 421 g/mol. The minimum absolute atomic E-state index is 0.0266. The molecule has 2 fully saturated rings. The Morgan fingerprint density at radius 2 is 2.14 bits per heavy atom. The Hall–Kier alpha value is -2.53. The smallest absolute Gasteiger partial charge is 0.255 e. The van der Waals surface area contributed by atoms with Crippen LogP contribution in [-0.2, 0) is 15.4 Å². The van der Waals surface area contributed by atoms with Gasteiger partial charge in [-0.2, -0.15) is 4.98 Å². The Kier molecular flexibility index (Phi) is 4.82. The molecule has 0 radical (unpaired) electrons. The minimum atomic E-state index is -3.36. The third kappa shape index (κ3) is 3.27. The molecule has 156 valence electrons. The summed E-state index contributed by atoms with van der Waals surface area (Å²) in [5, 5.41) is 3.89. The molecule has 11 heteroatoms. The van der Waals surface area contributed by atoms with Crippen molar-refractivity contribution in [3.8, 4) is 5.88 Å². The number of carbonyl (C=O) groups excluding carboxylic acids is 1. The number of aromatic nitrogens is 3. The Balaban J connectivity index is 1.64. The fourth-order valence-electron chi connectivity index (χ4n) is 4.18. The number of nitrogens with zero attached hydrogens (tertiary/aromatic N) is 5. The largest absolute Gasteiger partial charge is 0.481 e. The second-order valence-electron chi connectivity index (χ2n) is 7.47. The Bertz CT molecular complexity index is 1020. The van der Waals surface area contributed by atoms with Crippen LogP contribution in [0, 0.1) is 12.8 Å². The molecule has 4 heterocycles. The highest BCUT2D eigenvalue weighted by Crippen LogP contribution is 2.45. The number of fused-ring (bicyclic) bond motifs is 1. The highest BCUT2D eigenvalue weighted by Gasteiger charge is 2.59. The summed E-state index contributed by atoms with van der Waals surface area (Å²) in [5.41, 5.74) is -0.264. The van der Waals surface area contributed by atoms with Gasteiger partial charge < -0.3 is 14.2 Å². The fraction of sp³-hybridized carbons (Fsp3) is 0.556. The average Bonchev–Trinajstić information content (AvgIpc) is 3.40. The maximum Gasteiger partial charge on any atom is 0.255 e. The van der Waals surface area contributed by atoms with E-state index in [2.05, 4.69) is 15.1 Å². The predicted molar refractivity (Wildman–Crippen MR) is 102 cm³/mol. The molecule has 4 rings (SSSR count). The van der Waals surface area contributed by atoms with Gasteiger partial charge in [0.15, 0.2) is 5.82 Å². The molecule has 29 heavy (non-hydrogen) atoms. The molecule has 2 aromatic heterocycles. The van der Waals surface area contributed by atoms with E-state index in [1.807, 2.05) is 0 Å². The lowest BCUT2D eigenvalue weighted by atomic mass is 9.81. The molecule has 2 saturated heterocycles. The summed E-state index contributed by atoms with van der Waals surface area (Å²) in [6, 6.07) is 3.30. The molecule has 1 amide bonds. The number of rotatable bonds is 5. The molecule has 2 aliphatic heterocycles. The third-order valence-electron chi connectivity index (χ3n) is 5.77. The van der Waals surface area contributed by atoms with Crippen molar-refractivity contribution < 1.29 is 22.5 Å². The zero-order valence-corrected chi connectivity index (χ0v) is 17.3. The zero-order valence-electron chi connectivity index (χ0n) is 16.5. The van der Waals surface area contributed by atoms with Gasteiger partial charge in [-0.3, -0.25) is 4.79 Å². The predicted octanol–water partition coefficient (Wildman–Crippen LogP) is 0.457. The molecule has 2 atom stereocenters. The van der Waals surface area contributed by atoms with E-state index in [0.717, 1.165) is 0 Å². The summed E-state index contributed by atoms with van der Waals surface area (Å²) in [4.78, 5) is 23.2. The number of methoxy groups -OCH3 is 1. The van der Waals surface area contributed by atoms with Crippen LogP contribution in [0.3, 0.4) is 0 Å². The summed E-state index contributed by atoms with van der Waals surface area (Å²) in [6.45, 7) is 4.60. The summed E-state index contributed by atoms with van der Waals surface area (Å²) >= 11 is 0. The molecule has 0 aromatic carbocycles. The number of carbonyl (C=O) groups is 1. The van der Waals surface area contributed by atoms with Crippen molar-refractivity contribution in [2.45, 2.75) is 19.3 Å². The van der Waals surface area contributed by atoms with Gasteiger partial charge in [0.25, 0.3) is 5.91 Å². The first-order valence-electron chi connectivity index (χ1n) is 9.37. The van der Waals surface area contributed by atoms with Gasteiger partial charge in [0.05, 0.1) is 23.8 Å². The van der Waals surface area contributed by atoms with E-state index >= 15 is 0 Å². The van der Waals surface area contributed by atoms with Crippen molar-refractivity contribution in [2.75, 3.05) is 39.0 Å². The molecular formula is C18H23N5O5S. The van der Waals surface area contributed by atoms with Crippen LogP contribution in [0.25, 0.3) is 0 Å². The standard InChI is InChI=1S/C18H23N5O5S/c1-4-29(25,26)23-9-14-8-22(16(24)13-5-6-15(27-3)19-7-13)10-18(14,11-23)17-20-12(2)21-28-17/h5-7,14H,4,8-11H2,1-3H3/t14-,18-/m0/s1. The topological polar surface area (TPSA) is 119 Å². The van der Waals surface area contributed by atoms with Crippen molar-refractivity contribution >= 4 is 15.9 Å². The first-order chi connectivity index (χ1) is 13.8. The summed E-state index contributed by atoms with van der Waals surface area (Å²) in [5.74, 6) is 1.02. The van der Waals surface area contributed by atoms with Gasteiger partial charge in [-0.15, -0.1) is 0 Å². The van der Waals surface area contributed by atoms with E-state index < -0.39 is 15.4 Å². The second-order valence-corrected chi connectivity index (χ2v) is 9.73. The molecule has 0 saturated carbocycles. The fourth-order valence-corrected chi connectivity index (χ4v) is 5.38. The number of likely N-dealkylation sites (tertiary alicyclic amines) is 1. The van der Waals surface area contributed by atoms with Crippen LogP contribution < -0.4 is 4.74 Å². The van der Waals surface area contributed by atoms with Crippen molar-refractivity contribution in [3.05, 3.63) is 35.6 Å². The lowest BCUT2D eigenvalue weighted by Crippen LogP contribution is -2.41. The van der Waals surface area contributed by atoms with Crippen LogP contribution in [0.1, 0.15) is 29.0 Å². The summed E-state index contributed by atoms with van der Waals surface area (Å²) in [6.07, 6.45) is 1.48. The first kappa shape index (κ1) is 19.8. The van der Waals surface area contributed by atoms with E-state index in [4.69, 9.17) is 9.26 Å². The molecule has 10 nitrogen and oxygen atoms in total. The van der Waals surface area contributed by atoms with Gasteiger partial charge in [0.1, 0.15) is 0 Å². The normalized spacial score (nSPS) is 24.7. The van der Waals surface area contributed by atoms with Gasteiger partial charge >= 0.3 is 0 Å². The van der Waals surface area contributed by atoms with Gasteiger partial charge in [-0.25, -0.2) is 17.7 Å². The number of amides is 1. The van der Waals surface area contributed by atoms with Gasteiger partial charge in [0, 0.05) is 44.4 Å². The molecule has 0 spiro atoms.